The molecule has 0 bridgehead atoms. The Labute approximate surface area is 65.9 Å². The van der Waals surface area contributed by atoms with Crippen LogP contribution in [0.15, 0.2) is 0 Å². The molecule has 0 saturated heterocycles. The smallest absolute Gasteiger partial charge is 0.466 e. The van der Waals surface area contributed by atoms with E-state index in [1.807, 2.05) is 6.92 Å². The molecule has 0 aromatic heterocycles. The van der Waals surface area contributed by atoms with Gasteiger partial charge in [-0.2, -0.15) is 0 Å². The molecule has 0 rings (SSSR count). The van der Waals surface area contributed by atoms with Crippen LogP contribution >= 0.6 is 8.25 Å². The van der Waals surface area contributed by atoms with E-state index in [1.54, 1.807) is 0 Å². The maximum Gasteiger partial charge on any atom is 0.692 e. The standard InChI is InChI=1S/C5H10O2.HO3P/c1-3-4-7-5(2)6;1-4(2)3/h3-4H2,1-2H3;(H-,1,2,3)/p+1. The lowest BCUT2D eigenvalue weighted by molar-refractivity contribution is -0.140. The lowest BCUT2D eigenvalue weighted by atomic mass is 10.5. The highest BCUT2D eigenvalue weighted by Crippen LogP contribution is 1.98. The molecule has 0 radical (unpaired) electrons. The van der Waals surface area contributed by atoms with E-state index in [9.17, 15) is 4.79 Å². The third-order valence-corrected chi connectivity index (χ3v) is 0.509. The number of hydrogen-bond donors (Lipinski definition) is 2. The van der Waals surface area contributed by atoms with Gasteiger partial charge in [-0.25, -0.2) is 0 Å². The van der Waals surface area contributed by atoms with Gasteiger partial charge in [-0.1, -0.05) is 6.92 Å². The van der Waals surface area contributed by atoms with Gasteiger partial charge in [-0.3, -0.25) is 4.79 Å². The van der Waals surface area contributed by atoms with Crippen molar-refractivity contribution in [1.82, 2.24) is 0 Å². The van der Waals surface area contributed by atoms with Gasteiger partial charge in [0.05, 0.1) is 6.61 Å². The molecular weight excluding hydrogens is 171 g/mol. The van der Waals surface area contributed by atoms with E-state index >= 15 is 0 Å². The van der Waals surface area contributed by atoms with Crippen LogP contribution < -0.4 is 0 Å². The van der Waals surface area contributed by atoms with E-state index in [0.29, 0.717) is 6.61 Å². The van der Waals surface area contributed by atoms with Gasteiger partial charge in [0.2, 0.25) is 0 Å². The maximum absolute atomic E-state index is 9.98. The molecule has 0 aromatic carbocycles. The first-order valence-corrected chi connectivity index (χ1v) is 4.15. The molecule has 0 saturated carbocycles. The summed E-state index contributed by atoms with van der Waals surface area (Å²) >= 11 is 0. The number of esters is 1. The molecule has 0 atom stereocenters. The summed E-state index contributed by atoms with van der Waals surface area (Å²) in [6.07, 6.45) is 0.902. The van der Waals surface area contributed by atoms with E-state index in [2.05, 4.69) is 4.74 Å². The minimum Gasteiger partial charge on any atom is -0.466 e. The second-order valence-electron chi connectivity index (χ2n) is 1.59. The molecule has 0 unspecified atom stereocenters. The fourth-order valence-corrected chi connectivity index (χ4v) is 0.246. The Bertz CT molecular complexity index is 120. The van der Waals surface area contributed by atoms with Crippen molar-refractivity contribution in [3.8, 4) is 0 Å². The number of rotatable bonds is 2. The molecule has 2 N–H and O–H groups in total. The zero-order chi connectivity index (χ0) is 9.28. The summed E-state index contributed by atoms with van der Waals surface area (Å²) in [6, 6.07) is 0. The number of carbonyl (C=O) groups excluding carboxylic acids is 1. The minimum atomic E-state index is -2.87. The Hall–Kier alpha value is -0.510. The molecule has 5 nitrogen and oxygen atoms in total. The van der Waals surface area contributed by atoms with E-state index in [4.69, 9.17) is 14.4 Å². The second-order valence-corrected chi connectivity index (χ2v) is 2.10. The second kappa shape index (κ2) is 9.49. The van der Waals surface area contributed by atoms with E-state index in [1.165, 1.54) is 6.92 Å². The Morgan fingerprint density at radius 2 is 1.91 bits per heavy atom. The van der Waals surface area contributed by atoms with Crippen LogP contribution in [-0.4, -0.2) is 22.4 Å². The number of hydrogen-bond acceptors (Lipinski definition) is 3. The average molecular weight is 183 g/mol. The maximum atomic E-state index is 9.98. The lowest BCUT2D eigenvalue weighted by Crippen LogP contribution is -1.98. The SMILES string of the molecule is CCCOC(C)=O.O=[P+](O)O. The van der Waals surface area contributed by atoms with Crippen molar-refractivity contribution < 1.29 is 23.9 Å². The summed E-state index contributed by atoms with van der Waals surface area (Å²) in [5, 5.41) is 0. The molecule has 6 heteroatoms. The molecule has 0 aliphatic heterocycles. The monoisotopic (exact) mass is 183 g/mol. The van der Waals surface area contributed by atoms with Crippen LogP contribution in [0, 0.1) is 0 Å². The number of ether oxygens (including phenoxy) is 1. The fraction of sp³-hybridized carbons (Fsp3) is 0.800. The Morgan fingerprint density at radius 1 is 1.55 bits per heavy atom. The Morgan fingerprint density at radius 3 is 2.00 bits per heavy atom. The molecule has 0 heterocycles. The highest BCUT2D eigenvalue weighted by atomic mass is 31.1. The van der Waals surface area contributed by atoms with Crippen molar-refractivity contribution in [2.24, 2.45) is 0 Å². The van der Waals surface area contributed by atoms with E-state index in [-0.39, 0.29) is 5.97 Å². The third-order valence-electron chi connectivity index (χ3n) is 0.509. The molecule has 0 spiro atoms. The van der Waals surface area contributed by atoms with Crippen LogP contribution in [0.1, 0.15) is 20.3 Å². The molecule has 0 aliphatic carbocycles. The molecule has 66 valence electrons. The first kappa shape index (κ1) is 13.1. The van der Waals surface area contributed by atoms with Gasteiger partial charge >= 0.3 is 14.2 Å². The largest absolute Gasteiger partial charge is 0.692 e. The van der Waals surface area contributed by atoms with Crippen LogP contribution in [0.4, 0.5) is 0 Å². The Balaban J connectivity index is 0. The van der Waals surface area contributed by atoms with Crippen LogP contribution in [0.5, 0.6) is 0 Å². The molecule has 11 heavy (non-hydrogen) atoms. The van der Waals surface area contributed by atoms with Gasteiger partial charge in [0, 0.05) is 11.5 Å². The van der Waals surface area contributed by atoms with Crippen LogP contribution in [-0.2, 0) is 14.1 Å². The summed E-state index contributed by atoms with van der Waals surface area (Å²) in [7, 11) is -2.87. The summed E-state index contributed by atoms with van der Waals surface area (Å²) in [5.41, 5.74) is 0. The topological polar surface area (TPSA) is 83.8 Å². The van der Waals surface area contributed by atoms with Crippen molar-refractivity contribution in [1.29, 1.82) is 0 Å². The van der Waals surface area contributed by atoms with Gasteiger partial charge in [0.25, 0.3) is 0 Å². The third kappa shape index (κ3) is 43.7. The van der Waals surface area contributed by atoms with Crippen LogP contribution in [0.25, 0.3) is 0 Å². The zero-order valence-corrected chi connectivity index (χ0v) is 7.38. The predicted octanol–water partition coefficient (Wildman–Crippen LogP) is 0.588. The minimum absolute atomic E-state index is 0.193. The van der Waals surface area contributed by atoms with Gasteiger partial charge in [0.15, 0.2) is 0 Å². The molecule has 0 fully saturated rings. The van der Waals surface area contributed by atoms with Crippen molar-refractivity contribution in [3.05, 3.63) is 0 Å². The summed E-state index contributed by atoms with van der Waals surface area (Å²) in [5.74, 6) is -0.193. The zero-order valence-electron chi connectivity index (χ0n) is 6.48. The van der Waals surface area contributed by atoms with Crippen LogP contribution in [0.2, 0.25) is 0 Å². The van der Waals surface area contributed by atoms with Gasteiger partial charge in [-0.05, 0) is 6.42 Å². The quantitative estimate of drug-likeness (QED) is 0.483. The Kier molecular flexibility index (Phi) is 11.3. The summed E-state index contributed by atoms with van der Waals surface area (Å²) < 4.78 is 13.3. The number of carbonyl (C=O) groups is 1. The lowest BCUT2D eigenvalue weighted by Gasteiger charge is -1.93. The summed E-state index contributed by atoms with van der Waals surface area (Å²) in [4.78, 5) is 24.2. The van der Waals surface area contributed by atoms with E-state index in [0.717, 1.165) is 6.42 Å². The van der Waals surface area contributed by atoms with Gasteiger partial charge in [-0.15, -0.1) is 9.79 Å². The molecule has 0 aliphatic rings. The van der Waals surface area contributed by atoms with Crippen molar-refractivity contribution in [2.45, 2.75) is 20.3 Å². The van der Waals surface area contributed by atoms with Crippen molar-refractivity contribution in [3.63, 3.8) is 0 Å². The van der Waals surface area contributed by atoms with Crippen molar-refractivity contribution in [2.75, 3.05) is 6.61 Å². The summed E-state index contributed by atoms with van der Waals surface area (Å²) in [6.45, 7) is 3.92. The average Bonchev–Trinajstić information content (AvgIpc) is 1.82. The molecular formula is C5H12O5P+. The van der Waals surface area contributed by atoms with Gasteiger partial charge in [0.1, 0.15) is 0 Å². The molecule has 0 amide bonds. The highest BCUT2D eigenvalue weighted by molar-refractivity contribution is 7.30. The highest BCUT2D eigenvalue weighted by Gasteiger charge is 1.93. The van der Waals surface area contributed by atoms with Gasteiger partial charge < -0.3 is 4.74 Å². The fourth-order valence-electron chi connectivity index (χ4n) is 0.246. The first-order chi connectivity index (χ1) is 5.00. The van der Waals surface area contributed by atoms with E-state index < -0.39 is 8.25 Å². The first-order valence-electron chi connectivity index (χ1n) is 2.99. The van der Waals surface area contributed by atoms with Crippen molar-refractivity contribution >= 4 is 14.2 Å². The predicted molar refractivity (Wildman–Crippen MR) is 39.0 cm³/mol. The molecule has 0 aromatic rings. The normalized spacial score (nSPS) is 7.64. The van der Waals surface area contributed by atoms with Crippen LogP contribution in [0.3, 0.4) is 0 Å².